The Morgan fingerprint density at radius 1 is 1.06 bits per heavy atom. The van der Waals surface area contributed by atoms with E-state index in [0.29, 0.717) is 47.3 Å². The van der Waals surface area contributed by atoms with Gasteiger partial charge in [0.2, 0.25) is 5.95 Å². The predicted molar refractivity (Wildman–Crippen MR) is 140 cm³/mol. The second-order valence-corrected chi connectivity index (χ2v) is 10.2. The Balaban J connectivity index is 1.38. The van der Waals surface area contributed by atoms with E-state index in [0.717, 1.165) is 42.3 Å². The van der Waals surface area contributed by atoms with E-state index in [2.05, 4.69) is 15.3 Å². The van der Waals surface area contributed by atoms with Crippen LogP contribution in [0.3, 0.4) is 0 Å². The number of aromatic nitrogens is 3. The summed E-state index contributed by atoms with van der Waals surface area (Å²) in [5.41, 5.74) is 3.13. The largest absolute Gasteiger partial charge is 0.381 e. The molecule has 1 aromatic carbocycles. The lowest BCUT2D eigenvalue weighted by Gasteiger charge is -2.35. The lowest BCUT2D eigenvalue weighted by molar-refractivity contribution is -0.0586. The van der Waals surface area contributed by atoms with Gasteiger partial charge in [-0.3, -0.25) is 4.79 Å². The van der Waals surface area contributed by atoms with Gasteiger partial charge in [-0.2, -0.15) is 0 Å². The van der Waals surface area contributed by atoms with E-state index in [4.69, 9.17) is 26.1 Å². The van der Waals surface area contributed by atoms with Gasteiger partial charge in [-0.1, -0.05) is 23.7 Å². The average molecular weight is 510 g/mol. The second-order valence-electron chi connectivity index (χ2n) is 9.82. The molecule has 190 valence electrons. The number of methoxy groups -OCH3 is 1. The number of ether oxygens (including phenoxy) is 2. The normalized spacial score (nSPS) is 24.6. The van der Waals surface area contributed by atoms with Gasteiger partial charge in [0.1, 0.15) is 5.15 Å². The van der Waals surface area contributed by atoms with Gasteiger partial charge in [0.05, 0.1) is 29.2 Å². The molecule has 9 heteroatoms. The average Bonchev–Trinajstić information content (AvgIpc) is 2.88. The summed E-state index contributed by atoms with van der Waals surface area (Å²) in [6, 6.07) is 7.90. The number of fused-ring (bicyclic) bond motifs is 1. The minimum atomic E-state index is 0.0136. The molecule has 1 aliphatic heterocycles. The zero-order valence-electron chi connectivity index (χ0n) is 20.9. The molecule has 1 amide bonds. The van der Waals surface area contributed by atoms with Gasteiger partial charge in [-0.25, -0.2) is 15.0 Å². The maximum absolute atomic E-state index is 13.1. The van der Waals surface area contributed by atoms with E-state index in [9.17, 15) is 4.79 Å². The summed E-state index contributed by atoms with van der Waals surface area (Å²) >= 11 is 6.38. The molecule has 2 atom stereocenters. The Labute approximate surface area is 216 Å². The quantitative estimate of drug-likeness (QED) is 0.486. The van der Waals surface area contributed by atoms with E-state index < -0.39 is 0 Å². The number of nitrogens with zero attached hydrogens (tertiary/aromatic N) is 4. The van der Waals surface area contributed by atoms with E-state index in [1.165, 1.54) is 0 Å². The monoisotopic (exact) mass is 509 g/mol. The first-order valence-electron chi connectivity index (χ1n) is 12.6. The van der Waals surface area contributed by atoms with Crippen molar-refractivity contribution < 1.29 is 14.3 Å². The van der Waals surface area contributed by atoms with Crippen molar-refractivity contribution in [2.45, 2.75) is 63.9 Å². The third kappa shape index (κ3) is 5.31. The standard InChI is InChI=1S/C27H32ClN5O3/c1-16-14-33(15-17(2)36-16)26(34)19-6-4-18(5-7-19)22-12-29-25(28)23-13-30-27(32-24(22)23)31-20-8-10-21(35-3)11-9-20/h4-7,12-13,16-17,20-21H,8-11,14-15H2,1-3H3,(H,30,31,32)/t16-,17+,20?,21?. The second kappa shape index (κ2) is 10.7. The first-order chi connectivity index (χ1) is 17.4. The number of morpholine rings is 1. The zero-order valence-corrected chi connectivity index (χ0v) is 21.7. The molecular weight excluding hydrogens is 478 g/mol. The molecule has 0 bridgehead atoms. The molecule has 2 fully saturated rings. The molecule has 1 saturated heterocycles. The number of halogens is 1. The smallest absolute Gasteiger partial charge is 0.254 e. The summed E-state index contributed by atoms with van der Waals surface area (Å²) < 4.78 is 11.2. The van der Waals surface area contributed by atoms with Crippen LogP contribution in [0.5, 0.6) is 0 Å². The fourth-order valence-corrected chi connectivity index (χ4v) is 5.40. The van der Waals surface area contributed by atoms with Crippen molar-refractivity contribution in [1.29, 1.82) is 0 Å². The van der Waals surface area contributed by atoms with Crippen molar-refractivity contribution in [2.75, 3.05) is 25.5 Å². The van der Waals surface area contributed by atoms with Gasteiger partial charge in [0.15, 0.2) is 0 Å². The van der Waals surface area contributed by atoms with Crippen LogP contribution < -0.4 is 5.32 Å². The number of hydrogen-bond donors (Lipinski definition) is 1. The maximum atomic E-state index is 13.1. The number of rotatable bonds is 5. The zero-order chi connectivity index (χ0) is 25.2. The fraction of sp³-hybridized carbons (Fsp3) is 0.481. The van der Waals surface area contributed by atoms with Crippen molar-refractivity contribution in [3.8, 4) is 11.1 Å². The molecule has 0 spiro atoms. The van der Waals surface area contributed by atoms with Crippen LogP contribution in [-0.4, -0.2) is 70.3 Å². The van der Waals surface area contributed by atoms with Crippen molar-refractivity contribution >= 4 is 34.4 Å². The highest BCUT2D eigenvalue weighted by Gasteiger charge is 2.27. The predicted octanol–water partition coefficient (Wildman–Crippen LogP) is 4.96. The Hall–Kier alpha value is -2.81. The lowest BCUT2D eigenvalue weighted by Crippen LogP contribution is -2.48. The summed E-state index contributed by atoms with van der Waals surface area (Å²) in [6.07, 6.45) is 7.92. The van der Waals surface area contributed by atoms with E-state index in [1.807, 2.05) is 43.0 Å². The Morgan fingerprint density at radius 2 is 1.75 bits per heavy atom. The number of amides is 1. The van der Waals surface area contributed by atoms with Crippen LogP contribution in [0.15, 0.2) is 36.7 Å². The number of pyridine rings is 1. The summed E-state index contributed by atoms with van der Waals surface area (Å²) in [4.78, 5) is 28.6. The molecule has 0 radical (unpaired) electrons. The first-order valence-corrected chi connectivity index (χ1v) is 12.9. The van der Waals surface area contributed by atoms with Crippen molar-refractivity contribution in [3.63, 3.8) is 0 Å². The SMILES string of the molecule is COC1CCC(Nc2ncc3c(Cl)ncc(-c4ccc(C(=O)N5C[C@@H](C)O[C@@H](C)C5)cc4)c3n2)CC1. The van der Waals surface area contributed by atoms with E-state index in [-0.39, 0.29) is 18.1 Å². The molecule has 36 heavy (non-hydrogen) atoms. The fourth-order valence-electron chi connectivity index (χ4n) is 5.21. The number of benzene rings is 1. The highest BCUT2D eigenvalue weighted by Crippen LogP contribution is 2.31. The van der Waals surface area contributed by atoms with Crippen molar-refractivity contribution in [1.82, 2.24) is 19.9 Å². The molecule has 1 saturated carbocycles. The van der Waals surface area contributed by atoms with Gasteiger partial charge in [0.25, 0.3) is 5.91 Å². The van der Waals surface area contributed by atoms with Crippen LogP contribution in [0, 0.1) is 0 Å². The molecular formula is C27H32ClN5O3. The van der Waals surface area contributed by atoms with Crippen LogP contribution in [0.1, 0.15) is 49.9 Å². The van der Waals surface area contributed by atoms with Gasteiger partial charge in [-0.15, -0.1) is 0 Å². The Bertz CT molecular complexity index is 1220. The summed E-state index contributed by atoms with van der Waals surface area (Å²) in [5, 5.41) is 4.54. The molecule has 1 aliphatic carbocycles. The molecule has 8 nitrogen and oxygen atoms in total. The van der Waals surface area contributed by atoms with Crippen LogP contribution in [0.4, 0.5) is 5.95 Å². The Kier molecular flexibility index (Phi) is 7.37. The third-order valence-corrected chi connectivity index (χ3v) is 7.36. The number of nitrogens with one attached hydrogen (secondary N) is 1. The summed E-state index contributed by atoms with van der Waals surface area (Å²) in [6.45, 7) is 5.17. The highest BCUT2D eigenvalue weighted by atomic mass is 35.5. The summed E-state index contributed by atoms with van der Waals surface area (Å²) in [7, 11) is 1.77. The van der Waals surface area contributed by atoms with Crippen LogP contribution in [0.25, 0.3) is 22.0 Å². The molecule has 2 aromatic heterocycles. The topological polar surface area (TPSA) is 89.5 Å². The minimum absolute atomic E-state index is 0.0136. The van der Waals surface area contributed by atoms with Crippen molar-refractivity contribution in [3.05, 3.63) is 47.4 Å². The minimum Gasteiger partial charge on any atom is -0.381 e. The molecule has 2 aliphatic rings. The third-order valence-electron chi connectivity index (χ3n) is 7.06. The van der Waals surface area contributed by atoms with Crippen LogP contribution in [0.2, 0.25) is 5.15 Å². The van der Waals surface area contributed by atoms with E-state index in [1.54, 1.807) is 19.5 Å². The van der Waals surface area contributed by atoms with Gasteiger partial charge >= 0.3 is 0 Å². The van der Waals surface area contributed by atoms with E-state index >= 15 is 0 Å². The number of carbonyl (C=O) groups excluding carboxylic acids is 1. The first kappa shape index (κ1) is 24.9. The molecule has 0 unspecified atom stereocenters. The highest BCUT2D eigenvalue weighted by molar-refractivity contribution is 6.34. The number of carbonyl (C=O) groups is 1. The summed E-state index contributed by atoms with van der Waals surface area (Å²) in [5.74, 6) is 0.592. The molecule has 5 rings (SSSR count). The molecule has 1 N–H and O–H groups in total. The van der Waals surface area contributed by atoms with Gasteiger partial charge < -0.3 is 19.7 Å². The molecule has 3 heterocycles. The maximum Gasteiger partial charge on any atom is 0.254 e. The van der Waals surface area contributed by atoms with Gasteiger partial charge in [0, 0.05) is 49.8 Å². The van der Waals surface area contributed by atoms with Crippen LogP contribution in [-0.2, 0) is 9.47 Å². The molecule has 3 aromatic rings. The van der Waals surface area contributed by atoms with Crippen molar-refractivity contribution in [2.24, 2.45) is 0 Å². The van der Waals surface area contributed by atoms with Crippen LogP contribution >= 0.6 is 11.6 Å². The number of anilines is 1. The van der Waals surface area contributed by atoms with Gasteiger partial charge in [-0.05, 0) is 57.2 Å². The number of hydrogen-bond acceptors (Lipinski definition) is 7. The lowest BCUT2D eigenvalue weighted by atomic mass is 9.93. The Morgan fingerprint density at radius 3 is 2.42 bits per heavy atom.